The fourth-order valence-corrected chi connectivity index (χ4v) is 9.76. The van der Waals surface area contributed by atoms with E-state index in [0.717, 1.165) is 77.0 Å². The van der Waals surface area contributed by atoms with E-state index in [2.05, 4.69) is 19.7 Å². The van der Waals surface area contributed by atoms with Crippen LogP contribution in [-0.4, -0.2) is 57.5 Å². The third kappa shape index (κ3) is 51.0. The fourth-order valence-electron chi connectivity index (χ4n) is 8.48. The van der Waals surface area contributed by atoms with E-state index < -0.39 is 7.82 Å². The highest BCUT2D eigenvalue weighted by Crippen LogP contribution is 2.50. The normalized spacial score (nSPS) is 11.5. The number of hydrogen-bond donors (Lipinski definition) is 0. The smallest absolute Gasteiger partial charge is 0.462 e. The Hall–Kier alpha value is -2.26. The van der Waals surface area contributed by atoms with Crippen molar-refractivity contribution in [2.24, 2.45) is 0 Å². The van der Waals surface area contributed by atoms with Gasteiger partial charge in [0.25, 0.3) is 0 Å². The molecule has 0 unspecified atom stereocenters. The van der Waals surface area contributed by atoms with Gasteiger partial charge in [0.15, 0.2) is 0 Å². The van der Waals surface area contributed by atoms with E-state index in [1.807, 2.05) is 0 Å². The SMILES string of the molecule is C=C(C)C(=O)OCCCCCCCCCCCCCCCCOP(=O)(OCCCCCCCCCCCCCCCCOC(=O)C(=C)C)OCCCCCCCCCCCCCCCCOC(=O)C(=C)C. The first-order valence-corrected chi connectivity index (χ1v) is 31.0. The Bertz CT molecular complexity index is 1190. The molecule has 0 heterocycles. The summed E-state index contributed by atoms with van der Waals surface area (Å²) in [5.74, 6) is -0.844. The van der Waals surface area contributed by atoms with Crippen molar-refractivity contribution in [3.05, 3.63) is 36.5 Å². The van der Waals surface area contributed by atoms with Gasteiger partial charge in [-0.1, -0.05) is 251 Å². The molecule has 0 aliphatic carbocycles. The Kier molecular flexibility index (Phi) is 50.9. The molecule has 71 heavy (non-hydrogen) atoms. The predicted molar refractivity (Wildman–Crippen MR) is 297 cm³/mol. The average molecular weight is 1020 g/mol. The zero-order chi connectivity index (χ0) is 52.1. The number of ether oxygens (including phenoxy) is 3. The van der Waals surface area contributed by atoms with Crippen LogP contribution >= 0.6 is 7.82 Å². The van der Waals surface area contributed by atoms with Crippen molar-refractivity contribution in [2.45, 2.75) is 290 Å². The van der Waals surface area contributed by atoms with Gasteiger partial charge in [-0.25, -0.2) is 18.9 Å². The highest BCUT2D eigenvalue weighted by molar-refractivity contribution is 7.48. The van der Waals surface area contributed by atoms with E-state index in [1.54, 1.807) is 20.8 Å². The first-order valence-electron chi connectivity index (χ1n) is 29.5. The summed E-state index contributed by atoms with van der Waals surface area (Å²) >= 11 is 0. The van der Waals surface area contributed by atoms with Gasteiger partial charge in [-0.3, -0.25) is 13.6 Å². The van der Waals surface area contributed by atoms with Crippen LogP contribution in [-0.2, 0) is 46.7 Å². The second-order valence-corrected chi connectivity index (χ2v) is 22.2. The largest absolute Gasteiger partial charge is 0.474 e. The zero-order valence-electron chi connectivity index (χ0n) is 46.6. The van der Waals surface area contributed by atoms with Crippen LogP contribution in [0.4, 0.5) is 0 Å². The lowest BCUT2D eigenvalue weighted by Crippen LogP contribution is -2.05. The lowest BCUT2D eigenvalue weighted by Gasteiger charge is -2.18. The molecule has 0 spiro atoms. The maximum atomic E-state index is 13.7. The van der Waals surface area contributed by atoms with Crippen molar-refractivity contribution >= 4 is 25.7 Å². The molecule has 0 aromatic heterocycles. The van der Waals surface area contributed by atoms with Gasteiger partial charge in [0.2, 0.25) is 0 Å². The second-order valence-electron chi connectivity index (χ2n) is 20.5. The summed E-state index contributed by atoms with van der Waals surface area (Å²) in [6.07, 6.45) is 50.0. The minimum absolute atomic E-state index is 0.281. The number of phosphoric ester groups is 1. The molecule has 0 saturated carbocycles. The van der Waals surface area contributed by atoms with E-state index in [-0.39, 0.29) is 17.9 Å². The molecule has 0 aromatic rings. The van der Waals surface area contributed by atoms with E-state index in [4.69, 9.17) is 27.8 Å². The molecule has 0 aliphatic heterocycles. The molecule has 0 rings (SSSR count). The Labute approximate surface area is 437 Å². The minimum atomic E-state index is -3.57. The first kappa shape index (κ1) is 68.7. The van der Waals surface area contributed by atoms with E-state index in [1.165, 1.54) is 193 Å². The van der Waals surface area contributed by atoms with Crippen molar-refractivity contribution in [3.63, 3.8) is 0 Å². The van der Waals surface area contributed by atoms with E-state index >= 15 is 0 Å². The van der Waals surface area contributed by atoms with Gasteiger partial charge in [0.05, 0.1) is 39.6 Å². The highest BCUT2D eigenvalue weighted by Gasteiger charge is 2.26. The molecule has 10 nitrogen and oxygen atoms in total. The van der Waals surface area contributed by atoms with Crippen LogP contribution in [0.5, 0.6) is 0 Å². The van der Waals surface area contributed by atoms with Crippen LogP contribution in [0.2, 0.25) is 0 Å². The van der Waals surface area contributed by atoms with E-state index in [0.29, 0.717) is 56.4 Å². The van der Waals surface area contributed by atoms with Crippen LogP contribution in [0, 0.1) is 0 Å². The number of hydrogen-bond acceptors (Lipinski definition) is 10. The molecule has 0 saturated heterocycles. The lowest BCUT2D eigenvalue weighted by atomic mass is 10.0. The molecule has 0 bridgehead atoms. The summed E-state index contributed by atoms with van der Waals surface area (Å²) in [5, 5.41) is 0. The lowest BCUT2D eigenvalue weighted by molar-refractivity contribution is -0.139. The number of phosphoric acid groups is 1. The van der Waals surface area contributed by atoms with Gasteiger partial charge in [0.1, 0.15) is 0 Å². The van der Waals surface area contributed by atoms with Crippen molar-refractivity contribution < 1.29 is 46.7 Å². The average Bonchev–Trinajstić information content (AvgIpc) is 3.34. The molecule has 0 atom stereocenters. The monoisotopic (exact) mass is 1020 g/mol. The molecule has 0 amide bonds. The number of rotatable bonds is 57. The Morgan fingerprint density at radius 1 is 0.254 bits per heavy atom. The Morgan fingerprint density at radius 3 is 0.521 bits per heavy atom. The van der Waals surface area contributed by atoms with Crippen molar-refractivity contribution in [1.29, 1.82) is 0 Å². The summed E-state index contributed by atoms with van der Waals surface area (Å²) < 4.78 is 46.9. The number of carbonyl (C=O) groups is 3. The van der Waals surface area contributed by atoms with Gasteiger partial charge in [-0.2, -0.15) is 0 Å². The van der Waals surface area contributed by atoms with Crippen LogP contribution in [0.1, 0.15) is 290 Å². The summed E-state index contributed by atoms with van der Waals surface area (Å²) in [7, 11) is -3.57. The van der Waals surface area contributed by atoms with Gasteiger partial charge in [-0.15, -0.1) is 0 Å². The van der Waals surface area contributed by atoms with Crippen molar-refractivity contribution in [2.75, 3.05) is 39.6 Å². The number of unbranched alkanes of at least 4 members (excludes halogenated alkanes) is 39. The number of carbonyl (C=O) groups excluding carboxylic acids is 3. The standard InChI is InChI=1S/C60H111O10P/c1-55(2)58(61)65-49-43-37-31-25-19-13-7-10-16-22-28-34-40-46-52-68-71(64,69-53-47-41-35-29-23-17-11-8-14-20-26-32-38-44-50-66-59(62)56(3)4)70-54-48-42-36-30-24-18-12-9-15-21-27-33-39-45-51-67-60(63)57(5)6/h1,3,5,7-54H2,2,4,6H3. The summed E-state index contributed by atoms with van der Waals surface area (Å²) in [5.41, 5.74) is 1.40. The molecule has 11 heteroatoms. The second kappa shape index (κ2) is 52.6. The number of esters is 3. The summed E-state index contributed by atoms with van der Waals surface area (Å²) in [4.78, 5) is 34.3. The van der Waals surface area contributed by atoms with Gasteiger partial charge < -0.3 is 14.2 Å². The van der Waals surface area contributed by atoms with E-state index in [9.17, 15) is 18.9 Å². The van der Waals surface area contributed by atoms with Gasteiger partial charge in [-0.05, 0) is 59.3 Å². The molecule has 0 aliphatic rings. The topological polar surface area (TPSA) is 124 Å². The molecular formula is C60H111O10P. The van der Waals surface area contributed by atoms with Crippen LogP contribution in [0.15, 0.2) is 36.5 Å². The zero-order valence-corrected chi connectivity index (χ0v) is 47.5. The Morgan fingerprint density at radius 2 is 0.380 bits per heavy atom. The molecular weight excluding hydrogens is 912 g/mol. The minimum Gasteiger partial charge on any atom is -0.462 e. The summed E-state index contributed by atoms with van der Waals surface area (Å²) in [6, 6.07) is 0. The van der Waals surface area contributed by atoms with Crippen LogP contribution in [0.25, 0.3) is 0 Å². The fraction of sp³-hybridized carbons (Fsp3) is 0.850. The van der Waals surface area contributed by atoms with Crippen molar-refractivity contribution in [1.82, 2.24) is 0 Å². The maximum absolute atomic E-state index is 13.7. The molecule has 416 valence electrons. The molecule has 0 fully saturated rings. The van der Waals surface area contributed by atoms with Crippen molar-refractivity contribution in [3.8, 4) is 0 Å². The Balaban J connectivity index is 4.16. The van der Waals surface area contributed by atoms with Gasteiger partial charge >= 0.3 is 25.7 Å². The van der Waals surface area contributed by atoms with Crippen LogP contribution in [0.3, 0.4) is 0 Å². The van der Waals surface area contributed by atoms with Crippen LogP contribution < -0.4 is 0 Å². The maximum Gasteiger partial charge on any atom is 0.474 e. The summed E-state index contributed by atoms with van der Waals surface area (Å²) in [6.45, 7) is 18.7. The predicted octanol–water partition coefficient (Wildman–Crippen LogP) is 18.9. The molecule has 0 N–H and O–H groups in total. The molecule has 0 radical (unpaired) electrons. The third-order valence-corrected chi connectivity index (χ3v) is 14.6. The third-order valence-electron chi connectivity index (χ3n) is 13.1. The van der Waals surface area contributed by atoms with Gasteiger partial charge in [0, 0.05) is 16.7 Å². The first-order chi connectivity index (χ1) is 34.5. The quantitative estimate of drug-likeness (QED) is 0.0191. The molecule has 0 aromatic carbocycles. The highest BCUT2D eigenvalue weighted by atomic mass is 31.2.